The Kier molecular flexibility index (Phi) is 9.30. The standard InChI is InChI=1S/C18H27F2NO3/c1-4-6-8-13(5-2)17(24-12-11-21-18(22)23-3)14-9-7-10-15(19)16(14)20/h7,9-10,13,17H,4-6,8,11-12H2,1-3H3,(H,21,22)/t13-,17+/m0/s1. The van der Waals surface area contributed by atoms with Crippen molar-refractivity contribution in [1.82, 2.24) is 5.32 Å². The summed E-state index contributed by atoms with van der Waals surface area (Å²) in [7, 11) is 1.28. The summed E-state index contributed by atoms with van der Waals surface area (Å²) in [4.78, 5) is 11.1. The number of ether oxygens (including phenoxy) is 2. The first-order valence-electron chi connectivity index (χ1n) is 8.42. The molecule has 0 aromatic heterocycles. The molecule has 0 heterocycles. The second-order valence-electron chi connectivity index (χ2n) is 5.66. The minimum absolute atomic E-state index is 0.0828. The van der Waals surface area contributed by atoms with Crippen LogP contribution in [0.1, 0.15) is 51.2 Å². The van der Waals surface area contributed by atoms with Gasteiger partial charge in [-0.05, 0) is 18.4 Å². The first-order chi connectivity index (χ1) is 11.5. The fourth-order valence-electron chi connectivity index (χ4n) is 2.67. The molecule has 0 radical (unpaired) electrons. The number of nitrogens with one attached hydrogen (secondary N) is 1. The second kappa shape index (κ2) is 11.0. The van der Waals surface area contributed by atoms with E-state index < -0.39 is 23.8 Å². The second-order valence-corrected chi connectivity index (χ2v) is 5.66. The van der Waals surface area contributed by atoms with Crippen LogP contribution in [0.3, 0.4) is 0 Å². The highest BCUT2D eigenvalue weighted by Gasteiger charge is 2.26. The van der Waals surface area contributed by atoms with Gasteiger partial charge in [-0.15, -0.1) is 0 Å². The summed E-state index contributed by atoms with van der Waals surface area (Å²) in [5.41, 5.74) is 0.232. The van der Waals surface area contributed by atoms with Crippen molar-refractivity contribution >= 4 is 6.09 Å². The van der Waals surface area contributed by atoms with E-state index in [0.29, 0.717) is 0 Å². The number of amides is 1. The molecule has 1 N–H and O–H groups in total. The summed E-state index contributed by atoms with van der Waals surface area (Å²) in [6, 6.07) is 4.15. The van der Waals surface area contributed by atoms with E-state index in [9.17, 15) is 13.6 Å². The topological polar surface area (TPSA) is 47.6 Å². The van der Waals surface area contributed by atoms with Gasteiger partial charge in [-0.25, -0.2) is 13.6 Å². The van der Waals surface area contributed by atoms with Crippen molar-refractivity contribution in [1.29, 1.82) is 0 Å². The van der Waals surface area contributed by atoms with Crippen molar-refractivity contribution < 1.29 is 23.0 Å². The number of alkyl carbamates (subject to hydrolysis) is 1. The highest BCUT2D eigenvalue weighted by molar-refractivity contribution is 5.66. The van der Waals surface area contributed by atoms with Crippen LogP contribution in [-0.2, 0) is 9.47 Å². The third-order valence-corrected chi connectivity index (χ3v) is 4.02. The van der Waals surface area contributed by atoms with E-state index in [-0.39, 0.29) is 24.6 Å². The summed E-state index contributed by atoms with van der Waals surface area (Å²) in [6.07, 6.45) is 2.60. The van der Waals surface area contributed by atoms with E-state index in [1.807, 2.05) is 6.92 Å². The lowest BCUT2D eigenvalue weighted by molar-refractivity contribution is 0.00484. The molecule has 1 amide bonds. The van der Waals surface area contributed by atoms with Crippen LogP contribution >= 0.6 is 0 Å². The highest BCUT2D eigenvalue weighted by Crippen LogP contribution is 2.34. The molecule has 136 valence electrons. The Balaban J connectivity index is 2.86. The quantitative estimate of drug-likeness (QED) is 0.632. The van der Waals surface area contributed by atoms with E-state index in [1.165, 1.54) is 13.2 Å². The van der Waals surface area contributed by atoms with Crippen LogP contribution in [0, 0.1) is 17.6 Å². The Bertz CT molecular complexity index is 511. The smallest absolute Gasteiger partial charge is 0.406 e. The fourth-order valence-corrected chi connectivity index (χ4v) is 2.67. The number of hydrogen-bond donors (Lipinski definition) is 1. The normalized spacial score (nSPS) is 13.4. The Morgan fingerprint density at radius 1 is 1.29 bits per heavy atom. The van der Waals surface area contributed by atoms with Crippen LogP contribution in [0.15, 0.2) is 18.2 Å². The molecule has 4 nitrogen and oxygen atoms in total. The summed E-state index contributed by atoms with van der Waals surface area (Å²) in [5.74, 6) is -1.66. The molecule has 0 spiro atoms. The molecular formula is C18H27F2NO3. The number of carbonyl (C=O) groups is 1. The summed E-state index contributed by atoms with van der Waals surface area (Å²) in [5, 5.41) is 2.51. The van der Waals surface area contributed by atoms with Gasteiger partial charge in [0.2, 0.25) is 0 Å². The molecule has 0 unspecified atom stereocenters. The van der Waals surface area contributed by atoms with Gasteiger partial charge in [-0.1, -0.05) is 45.2 Å². The Hall–Kier alpha value is -1.69. The van der Waals surface area contributed by atoms with Gasteiger partial charge in [0.15, 0.2) is 11.6 Å². The maximum atomic E-state index is 14.2. The molecule has 0 bridgehead atoms. The summed E-state index contributed by atoms with van der Waals surface area (Å²) >= 11 is 0. The number of carbonyl (C=O) groups excluding carboxylic acids is 1. The van der Waals surface area contributed by atoms with Crippen molar-refractivity contribution in [2.45, 2.75) is 45.6 Å². The molecule has 6 heteroatoms. The maximum Gasteiger partial charge on any atom is 0.406 e. The number of halogens is 2. The van der Waals surface area contributed by atoms with Gasteiger partial charge in [-0.3, -0.25) is 0 Å². The van der Waals surface area contributed by atoms with E-state index in [0.717, 1.165) is 31.7 Å². The molecule has 24 heavy (non-hydrogen) atoms. The number of unbranched alkanes of at least 4 members (excludes halogenated alkanes) is 1. The first-order valence-corrected chi connectivity index (χ1v) is 8.42. The lowest BCUT2D eigenvalue weighted by atomic mass is 9.88. The Morgan fingerprint density at radius 3 is 2.67 bits per heavy atom. The molecule has 0 fully saturated rings. The average molecular weight is 343 g/mol. The monoisotopic (exact) mass is 343 g/mol. The molecule has 0 saturated carbocycles. The van der Waals surface area contributed by atoms with Crippen molar-refractivity contribution in [3.05, 3.63) is 35.4 Å². The first kappa shape index (κ1) is 20.4. The lowest BCUT2D eigenvalue weighted by Crippen LogP contribution is -2.28. The predicted octanol–water partition coefficient (Wildman–Crippen LogP) is 4.59. The third kappa shape index (κ3) is 6.07. The van der Waals surface area contributed by atoms with Crippen molar-refractivity contribution in [3.8, 4) is 0 Å². The van der Waals surface area contributed by atoms with Crippen molar-refractivity contribution in [2.24, 2.45) is 5.92 Å². The summed E-state index contributed by atoms with van der Waals surface area (Å²) < 4.78 is 38.1. The number of methoxy groups -OCH3 is 1. The van der Waals surface area contributed by atoms with E-state index in [1.54, 1.807) is 6.07 Å². The van der Waals surface area contributed by atoms with Crippen LogP contribution in [0.4, 0.5) is 13.6 Å². The Morgan fingerprint density at radius 2 is 2.04 bits per heavy atom. The molecule has 0 saturated heterocycles. The molecule has 1 aromatic rings. The lowest BCUT2D eigenvalue weighted by Gasteiger charge is -2.27. The van der Waals surface area contributed by atoms with E-state index in [4.69, 9.17) is 4.74 Å². The number of benzene rings is 1. The Labute approximate surface area is 142 Å². The predicted molar refractivity (Wildman–Crippen MR) is 88.8 cm³/mol. The van der Waals surface area contributed by atoms with E-state index >= 15 is 0 Å². The van der Waals surface area contributed by atoms with Gasteiger partial charge >= 0.3 is 6.09 Å². The molecule has 1 rings (SSSR count). The van der Waals surface area contributed by atoms with Crippen LogP contribution in [0.5, 0.6) is 0 Å². The van der Waals surface area contributed by atoms with Crippen LogP contribution in [0.25, 0.3) is 0 Å². The molecule has 1 aromatic carbocycles. The van der Waals surface area contributed by atoms with Gasteiger partial charge in [0.05, 0.1) is 19.8 Å². The van der Waals surface area contributed by atoms with Gasteiger partial charge in [0.1, 0.15) is 0 Å². The van der Waals surface area contributed by atoms with Crippen LogP contribution < -0.4 is 5.32 Å². The summed E-state index contributed by atoms with van der Waals surface area (Å²) in [6.45, 7) is 4.54. The zero-order chi connectivity index (χ0) is 17.9. The minimum atomic E-state index is -0.876. The number of hydrogen-bond acceptors (Lipinski definition) is 3. The van der Waals surface area contributed by atoms with Crippen LogP contribution in [-0.4, -0.2) is 26.4 Å². The molecule has 0 aliphatic carbocycles. The highest BCUT2D eigenvalue weighted by atomic mass is 19.2. The van der Waals surface area contributed by atoms with Gasteiger partial charge in [0, 0.05) is 12.1 Å². The minimum Gasteiger partial charge on any atom is -0.453 e. The molecule has 0 aliphatic rings. The largest absolute Gasteiger partial charge is 0.453 e. The SMILES string of the molecule is CCCC[C@H](CC)[C@@H](OCCNC(=O)OC)c1cccc(F)c1F. The molecule has 0 aliphatic heterocycles. The number of rotatable bonds is 10. The van der Waals surface area contributed by atoms with Crippen molar-refractivity contribution in [3.63, 3.8) is 0 Å². The molecule has 2 atom stereocenters. The zero-order valence-electron chi connectivity index (χ0n) is 14.6. The van der Waals surface area contributed by atoms with Gasteiger partial charge < -0.3 is 14.8 Å². The van der Waals surface area contributed by atoms with Crippen LogP contribution in [0.2, 0.25) is 0 Å². The van der Waals surface area contributed by atoms with E-state index in [2.05, 4.69) is 17.0 Å². The average Bonchev–Trinajstić information content (AvgIpc) is 2.59. The van der Waals surface area contributed by atoms with Gasteiger partial charge in [-0.2, -0.15) is 0 Å². The molecular weight excluding hydrogens is 316 g/mol. The maximum absolute atomic E-state index is 14.2. The van der Waals surface area contributed by atoms with Crippen molar-refractivity contribution in [2.75, 3.05) is 20.3 Å². The third-order valence-electron chi connectivity index (χ3n) is 4.02. The fraction of sp³-hybridized carbons (Fsp3) is 0.611. The van der Waals surface area contributed by atoms with Gasteiger partial charge in [0.25, 0.3) is 0 Å². The zero-order valence-corrected chi connectivity index (χ0v) is 14.6.